The Morgan fingerprint density at radius 3 is 2.26 bits per heavy atom. The van der Waals surface area contributed by atoms with Crippen LogP contribution in [-0.2, 0) is 26.2 Å². The van der Waals surface area contributed by atoms with Crippen LogP contribution in [0.3, 0.4) is 0 Å². The van der Waals surface area contributed by atoms with Crippen molar-refractivity contribution >= 4 is 27.5 Å². The molecule has 2 rings (SSSR count). The van der Waals surface area contributed by atoms with Gasteiger partial charge in [-0.25, -0.2) is 12.8 Å². The Labute approximate surface area is 208 Å². The van der Waals surface area contributed by atoms with Crippen molar-refractivity contribution in [3.05, 3.63) is 65.5 Å². The highest BCUT2D eigenvalue weighted by Crippen LogP contribution is 2.23. The zero-order valence-electron chi connectivity index (χ0n) is 21.1. The highest BCUT2D eigenvalue weighted by molar-refractivity contribution is 7.92. The minimum Gasteiger partial charge on any atom is -0.354 e. The van der Waals surface area contributed by atoms with E-state index < -0.39 is 21.9 Å². The third-order valence-electron chi connectivity index (χ3n) is 5.69. The SMILES string of the molecule is Cc1ccccc1N(CCCC(=O)N(Cc1ccccc1F)[C@@H](C)C(=O)NCC(C)C)S(C)(=O)=O. The standard InChI is InChI=1S/C26H36FN3O4S/c1-19(2)17-28-26(32)21(4)29(18-22-12-7-8-13-23(22)27)25(31)15-10-16-30(35(5,33)34)24-14-9-6-11-20(24)3/h6-9,11-14,19,21H,10,15-18H2,1-5H3,(H,28,32)/t21-/m0/s1. The number of hydrogen-bond acceptors (Lipinski definition) is 4. The van der Waals surface area contributed by atoms with Crippen LogP contribution < -0.4 is 9.62 Å². The van der Waals surface area contributed by atoms with E-state index in [9.17, 15) is 22.4 Å². The predicted molar refractivity (Wildman–Crippen MR) is 137 cm³/mol. The lowest BCUT2D eigenvalue weighted by atomic mass is 10.1. The molecular formula is C26H36FN3O4S. The number of carbonyl (C=O) groups is 2. The Balaban J connectivity index is 2.18. The number of halogens is 1. The van der Waals surface area contributed by atoms with Crippen LogP contribution in [0.25, 0.3) is 0 Å². The van der Waals surface area contributed by atoms with Crippen LogP contribution in [-0.4, -0.2) is 50.5 Å². The number of sulfonamides is 1. The van der Waals surface area contributed by atoms with Gasteiger partial charge in [0, 0.05) is 31.6 Å². The summed E-state index contributed by atoms with van der Waals surface area (Å²) in [6.07, 6.45) is 1.38. The molecule has 0 saturated heterocycles. The largest absolute Gasteiger partial charge is 0.354 e. The fourth-order valence-electron chi connectivity index (χ4n) is 3.67. The van der Waals surface area contributed by atoms with Crippen molar-refractivity contribution in [3.8, 4) is 0 Å². The second-order valence-electron chi connectivity index (χ2n) is 9.15. The number of para-hydroxylation sites is 1. The predicted octanol–water partition coefficient (Wildman–Crippen LogP) is 3.87. The van der Waals surface area contributed by atoms with Crippen molar-refractivity contribution in [2.24, 2.45) is 5.92 Å². The summed E-state index contributed by atoms with van der Waals surface area (Å²) in [5, 5.41) is 2.83. The van der Waals surface area contributed by atoms with Gasteiger partial charge >= 0.3 is 0 Å². The highest BCUT2D eigenvalue weighted by atomic mass is 32.2. The highest BCUT2D eigenvalue weighted by Gasteiger charge is 2.27. The lowest BCUT2D eigenvalue weighted by molar-refractivity contribution is -0.140. The molecule has 0 aliphatic carbocycles. The number of rotatable bonds is 12. The van der Waals surface area contributed by atoms with Gasteiger partial charge in [-0.3, -0.25) is 13.9 Å². The van der Waals surface area contributed by atoms with Crippen LogP contribution in [0.2, 0.25) is 0 Å². The Kier molecular flexibility index (Phi) is 10.2. The van der Waals surface area contributed by atoms with Gasteiger partial charge in [-0.05, 0) is 43.9 Å². The van der Waals surface area contributed by atoms with Gasteiger partial charge in [0.2, 0.25) is 21.8 Å². The minimum absolute atomic E-state index is 0.00809. The number of anilines is 1. The lowest BCUT2D eigenvalue weighted by Gasteiger charge is -2.30. The Morgan fingerprint density at radius 1 is 1.03 bits per heavy atom. The van der Waals surface area contributed by atoms with Crippen molar-refractivity contribution in [2.75, 3.05) is 23.7 Å². The van der Waals surface area contributed by atoms with Gasteiger partial charge in [0.05, 0.1) is 11.9 Å². The van der Waals surface area contributed by atoms with Crippen molar-refractivity contribution in [1.29, 1.82) is 0 Å². The molecule has 0 radical (unpaired) electrons. The summed E-state index contributed by atoms with van der Waals surface area (Å²) >= 11 is 0. The molecule has 2 amide bonds. The van der Waals surface area contributed by atoms with Gasteiger partial charge < -0.3 is 10.2 Å². The first kappa shape index (κ1) is 28.3. The average Bonchev–Trinajstić information content (AvgIpc) is 2.79. The maximum Gasteiger partial charge on any atom is 0.242 e. The molecule has 0 unspecified atom stereocenters. The summed E-state index contributed by atoms with van der Waals surface area (Å²) in [5.74, 6) is -0.882. The van der Waals surface area contributed by atoms with Crippen LogP contribution in [0, 0.1) is 18.7 Å². The smallest absolute Gasteiger partial charge is 0.242 e. The summed E-state index contributed by atoms with van der Waals surface area (Å²) in [4.78, 5) is 27.3. The van der Waals surface area contributed by atoms with E-state index in [0.29, 0.717) is 17.8 Å². The van der Waals surface area contributed by atoms with E-state index in [1.807, 2.05) is 32.9 Å². The second kappa shape index (κ2) is 12.7. The van der Waals surface area contributed by atoms with Crippen molar-refractivity contribution in [1.82, 2.24) is 10.2 Å². The van der Waals surface area contributed by atoms with Crippen molar-refractivity contribution < 1.29 is 22.4 Å². The van der Waals surface area contributed by atoms with Gasteiger partial charge in [-0.2, -0.15) is 0 Å². The molecule has 35 heavy (non-hydrogen) atoms. The summed E-state index contributed by atoms with van der Waals surface area (Å²) in [6, 6.07) is 12.5. The summed E-state index contributed by atoms with van der Waals surface area (Å²) in [5.41, 5.74) is 1.68. The molecule has 0 fully saturated rings. The first-order chi connectivity index (χ1) is 16.4. The Hall–Kier alpha value is -2.94. The van der Waals surface area contributed by atoms with E-state index in [4.69, 9.17) is 0 Å². The maximum absolute atomic E-state index is 14.3. The van der Waals surface area contributed by atoms with E-state index in [-0.39, 0.29) is 43.7 Å². The number of nitrogens with one attached hydrogen (secondary N) is 1. The molecule has 7 nitrogen and oxygen atoms in total. The minimum atomic E-state index is -3.56. The number of benzene rings is 2. The summed E-state index contributed by atoms with van der Waals surface area (Å²) < 4.78 is 40.5. The van der Waals surface area contributed by atoms with E-state index in [2.05, 4.69) is 5.32 Å². The fraction of sp³-hybridized carbons (Fsp3) is 0.462. The lowest BCUT2D eigenvalue weighted by Crippen LogP contribution is -2.48. The number of nitrogens with zero attached hydrogens (tertiary/aromatic N) is 2. The van der Waals surface area contributed by atoms with E-state index in [1.165, 1.54) is 15.3 Å². The zero-order chi connectivity index (χ0) is 26.2. The van der Waals surface area contributed by atoms with Crippen LogP contribution in [0.5, 0.6) is 0 Å². The molecule has 1 N–H and O–H groups in total. The molecule has 2 aromatic rings. The van der Waals surface area contributed by atoms with Crippen LogP contribution >= 0.6 is 0 Å². The fourth-order valence-corrected chi connectivity index (χ4v) is 4.69. The molecular weight excluding hydrogens is 469 g/mol. The van der Waals surface area contributed by atoms with Crippen molar-refractivity contribution in [2.45, 2.75) is 53.1 Å². The molecule has 0 bridgehead atoms. The summed E-state index contributed by atoms with van der Waals surface area (Å²) in [7, 11) is -3.56. The molecule has 0 saturated carbocycles. The molecule has 0 aromatic heterocycles. The van der Waals surface area contributed by atoms with Crippen molar-refractivity contribution in [3.63, 3.8) is 0 Å². The van der Waals surface area contributed by atoms with Crippen LogP contribution in [0.1, 0.15) is 44.7 Å². The molecule has 9 heteroatoms. The summed E-state index contributed by atoms with van der Waals surface area (Å²) in [6.45, 7) is 7.89. The van der Waals surface area contributed by atoms with Gasteiger partial charge in [-0.15, -0.1) is 0 Å². The molecule has 2 aromatic carbocycles. The van der Waals surface area contributed by atoms with E-state index in [1.54, 1.807) is 37.3 Å². The molecule has 0 heterocycles. The monoisotopic (exact) mass is 505 g/mol. The number of amides is 2. The van der Waals surface area contributed by atoms with Crippen LogP contribution in [0.15, 0.2) is 48.5 Å². The quantitative estimate of drug-likeness (QED) is 0.475. The van der Waals surface area contributed by atoms with Gasteiger partial charge in [-0.1, -0.05) is 50.2 Å². The third-order valence-corrected chi connectivity index (χ3v) is 6.87. The Bertz CT molecular complexity index is 1120. The molecule has 0 aliphatic rings. The molecule has 192 valence electrons. The maximum atomic E-state index is 14.3. The second-order valence-corrected chi connectivity index (χ2v) is 11.1. The number of hydrogen-bond donors (Lipinski definition) is 1. The topological polar surface area (TPSA) is 86.8 Å². The number of aryl methyl sites for hydroxylation is 1. The van der Waals surface area contributed by atoms with Gasteiger partial charge in [0.25, 0.3) is 0 Å². The molecule has 0 spiro atoms. The Morgan fingerprint density at radius 2 is 1.66 bits per heavy atom. The first-order valence-electron chi connectivity index (χ1n) is 11.8. The van der Waals surface area contributed by atoms with Crippen LogP contribution in [0.4, 0.5) is 10.1 Å². The average molecular weight is 506 g/mol. The van der Waals surface area contributed by atoms with Gasteiger partial charge in [0.15, 0.2) is 0 Å². The van der Waals surface area contributed by atoms with E-state index >= 15 is 0 Å². The van der Waals surface area contributed by atoms with Gasteiger partial charge in [0.1, 0.15) is 11.9 Å². The third kappa shape index (κ3) is 8.35. The first-order valence-corrected chi connectivity index (χ1v) is 13.6. The molecule has 0 aliphatic heterocycles. The normalized spacial score (nSPS) is 12.3. The van der Waals surface area contributed by atoms with E-state index in [0.717, 1.165) is 11.8 Å². The zero-order valence-corrected chi connectivity index (χ0v) is 21.9. The molecule has 1 atom stereocenters. The number of carbonyl (C=O) groups excluding carboxylic acids is 2.